The van der Waals surface area contributed by atoms with Crippen LogP contribution in [0.3, 0.4) is 0 Å². The number of oxime groups is 1. The number of hydrogen-bond donors (Lipinski definition) is 2. The summed E-state index contributed by atoms with van der Waals surface area (Å²) in [6.07, 6.45) is 1.29. The number of ether oxygens (including phenoxy) is 2. The van der Waals surface area contributed by atoms with Gasteiger partial charge < -0.3 is 20.4 Å². The second-order valence-corrected chi connectivity index (χ2v) is 4.35. The summed E-state index contributed by atoms with van der Waals surface area (Å²) in [4.78, 5) is 10.5. The summed E-state index contributed by atoms with van der Waals surface area (Å²) < 4.78 is 10.9. The molecule has 8 nitrogen and oxygen atoms in total. The molecule has 0 saturated carbocycles. The standard InChI is InChI=1S/C12H15N3O5/c13-12(14-16)8-1-2-11(10(7-8)15(17)18)20-9-3-5-19-6-4-9/h1-2,7,9,16H,3-6H2,(H2,13,14). The molecule has 0 atom stereocenters. The predicted octanol–water partition coefficient (Wildman–Crippen LogP) is 1.25. The van der Waals surface area contributed by atoms with Gasteiger partial charge in [0.1, 0.15) is 6.10 Å². The molecule has 108 valence electrons. The van der Waals surface area contributed by atoms with Gasteiger partial charge in [-0.05, 0) is 12.1 Å². The predicted molar refractivity (Wildman–Crippen MR) is 70.1 cm³/mol. The number of nitro groups is 1. The summed E-state index contributed by atoms with van der Waals surface area (Å²) >= 11 is 0. The molecular formula is C12H15N3O5. The zero-order chi connectivity index (χ0) is 14.5. The van der Waals surface area contributed by atoms with Gasteiger partial charge in [-0.25, -0.2) is 0 Å². The number of nitro benzene ring substituents is 1. The molecule has 1 saturated heterocycles. The van der Waals surface area contributed by atoms with Gasteiger partial charge in [0, 0.05) is 24.5 Å². The van der Waals surface area contributed by atoms with Crippen LogP contribution in [0, 0.1) is 10.1 Å². The van der Waals surface area contributed by atoms with Crippen LogP contribution in [-0.4, -0.2) is 35.3 Å². The van der Waals surface area contributed by atoms with Gasteiger partial charge in [-0.15, -0.1) is 0 Å². The van der Waals surface area contributed by atoms with Crippen molar-refractivity contribution in [3.05, 3.63) is 33.9 Å². The van der Waals surface area contributed by atoms with Crippen molar-refractivity contribution >= 4 is 11.5 Å². The van der Waals surface area contributed by atoms with Crippen LogP contribution < -0.4 is 10.5 Å². The molecule has 0 bridgehead atoms. The maximum atomic E-state index is 11.1. The maximum Gasteiger partial charge on any atom is 0.311 e. The van der Waals surface area contributed by atoms with E-state index in [2.05, 4.69) is 5.16 Å². The van der Waals surface area contributed by atoms with E-state index in [0.717, 1.165) is 0 Å². The molecule has 0 radical (unpaired) electrons. The number of amidine groups is 1. The van der Waals surface area contributed by atoms with E-state index in [9.17, 15) is 10.1 Å². The van der Waals surface area contributed by atoms with Crippen molar-refractivity contribution in [2.45, 2.75) is 18.9 Å². The summed E-state index contributed by atoms with van der Waals surface area (Å²) in [5.41, 5.74) is 5.47. The van der Waals surface area contributed by atoms with Gasteiger partial charge in [-0.1, -0.05) is 5.16 Å². The molecule has 1 aliphatic rings. The van der Waals surface area contributed by atoms with Crippen molar-refractivity contribution in [3.8, 4) is 5.75 Å². The monoisotopic (exact) mass is 281 g/mol. The van der Waals surface area contributed by atoms with Crippen LogP contribution in [-0.2, 0) is 4.74 Å². The first kappa shape index (κ1) is 14.1. The Morgan fingerprint density at radius 3 is 2.80 bits per heavy atom. The van der Waals surface area contributed by atoms with Crippen molar-refractivity contribution in [1.82, 2.24) is 0 Å². The normalized spacial score (nSPS) is 16.9. The van der Waals surface area contributed by atoms with E-state index in [1.54, 1.807) is 0 Å². The van der Waals surface area contributed by atoms with Crippen LogP contribution in [0.1, 0.15) is 18.4 Å². The van der Waals surface area contributed by atoms with E-state index in [1.165, 1.54) is 18.2 Å². The van der Waals surface area contributed by atoms with Crippen LogP contribution in [0.5, 0.6) is 5.75 Å². The summed E-state index contributed by atoms with van der Waals surface area (Å²) in [6.45, 7) is 1.17. The van der Waals surface area contributed by atoms with Crippen molar-refractivity contribution in [2.75, 3.05) is 13.2 Å². The van der Waals surface area contributed by atoms with E-state index in [-0.39, 0.29) is 28.9 Å². The second kappa shape index (κ2) is 6.20. The minimum Gasteiger partial charge on any atom is -0.483 e. The number of nitrogens with zero attached hydrogens (tertiary/aromatic N) is 2. The topological polar surface area (TPSA) is 120 Å². The first-order valence-electron chi connectivity index (χ1n) is 6.12. The van der Waals surface area contributed by atoms with Crippen LogP contribution in [0.25, 0.3) is 0 Å². The van der Waals surface area contributed by atoms with E-state index in [4.69, 9.17) is 20.4 Å². The lowest BCUT2D eigenvalue weighted by atomic mass is 10.1. The van der Waals surface area contributed by atoms with Gasteiger partial charge in [0.25, 0.3) is 0 Å². The van der Waals surface area contributed by atoms with E-state index < -0.39 is 4.92 Å². The highest BCUT2D eigenvalue weighted by Gasteiger charge is 2.22. The molecule has 1 aliphatic heterocycles. The molecule has 20 heavy (non-hydrogen) atoms. The third-order valence-electron chi connectivity index (χ3n) is 3.02. The summed E-state index contributed by atoms with van der Waals surface area (Å²) in [6, 6.07) is 4.20. The van der Waals surface area contributed by atoms with E-state index in [1.807, 2.05) is 0 Å². The third kappa shape index (κ3) is 3.15. The Morgan fingerprint density at radius 1 is 1.50 bits per heavy atom. The summed E-state index contributed by atoms with van der Waals surface area (Å²) in [5, 5.41) is 22.5. The fourth-order valence-corrected chi connectivity index (χ4v) is 1.95. The van der Waals surface area contributed by atoms with Crippen molar-refractivity contribution in [1.29, 1.82) is 0 Å². The molecule has 0 amide bonds. The largest absolute Gasteiger partial charge is 0.483 e. The van der Waals surface area contributed by atoms with Gasteiger partial charge in [0.15, 0.2) is 11.6 Å². The van der Waals surface area contributed by atoms with Gasteiger partial charge in [0.2, 0.25) is 0 Å². The number of hydrogen-bond acceptors (Lipinski definition) is 6. The summed E-state index contributed by atoms with van der Waals surface area (Å²) in [5.74, 6) is -0.0119. The Balaban J connectivity index is 2.25. The Hall–Kier alpha value is -2.35. The maximum absolute atomic E-state index is 11.1. The zero-order valence-corrected chi connectivity index (χ0v) is 10.7. The van der Waals surface area contributed by atoms with Crippen LogP contribution in [0.4, 0.5) is 5.69 Å². The molecule has 1 heterocycles. The lowest BCUT2D eigenvalue weighted by molar-refractivity contribution is -0.386. The molecule has 1 aromatic rings. The molecular weight excluding hydrogens is 266 g/mol. The number of rotatable bonds is 4. The zero-order valence-electron chi connectivity index (χ0n) is 10.7. The molecule has 3 N–H and O–H groups in total. The quantitative estimate of drug-likeness (QED) is 0.282. The smallest absolute Gasteiger partial charge is 0.311 e. The van der Waals surface area contributed by atoms with Crippen molar-refractivity contribution < 1.29 is 19.6 Å². The molecule has 8 heteroatoms. The first-order chi connectivity index (χ1) is 9.61. The molecule has 0 unspecified atom stereocenters. The Labute approximate surface area is 114 Å². The van der Waals surface area contributed by atoms with Crippen molar-refractivity contribution in [3.63, 3.8) is 0 Å². The van der Waals surface area contributed by atoms with Crippen molar-refractivity contribution in [2.24, 2.45) is 10.9 Å². The molecule has 1 fully saturated rings. The highest BCUT2D eigenvalue weighted by atomic mass is 16.6. The highest BCUT2D eigenvalue weighted by Crippen LogP contribution is 2.30. The minimum atomic E-state index is -0.553. The van der Waals surface area contributed by atoms with Gasteiger partial charge in [0.05, 0.1) is 18.1 Å². The summed E-state index contributed by atoms with van der Waals surface area (Å²) in [7, 11) is 0. The van der Waals surface area contributed by atoms with Crippen LogP contribution in [0.15, 0.2) is 23.4 Å². The molecule has 1 aromatic carbocycles. The Bertz CT molecular complexity index is 526. The number of nitrogens with two attached hydrogens (primary N) is 1. The average Bonchev–Trinajstić information content (AvgIpc) is 2.47. The Morgan fingerprint density at radius 2 is 2.20 bits per heavy atom. The lowest BCUT2D eigenvalue weighted by Crippen LogP contribution is -2.26. The molecule has 2 rings (SSSR count). The van der Waals surface area contributed by atoms with Gasteiger partial charge in [-0.2, -0.15) is 0 Å². The SMILES string of the molecule is NC(=NO)c1ccc(OC2CCOCC2)c([N+](=O)[O-])c1. The van der Waals surface area contributed by atoms with E-state index in [0.29, 0.717) is 26.1 Å². The average molecular weight is 281 g/mol. The van der Waals surface area contributed by atoms with Gasteiger partial charge in [-0.3, -0.25) is 10.1 Å². The Kier molecular flexibility index (Phi) is 4.36. The second-order valence-electron chi connectivity index (χ2n) is 4.35. The lowest BCUT2D eigenvalue weighted by Gasteiger charge is -2.23. The fourth-order valence-electron chi connectivity index (χ4n) is 1.95. The molecule has 0 spiro atoms. The first-order valence-corrected chi connectivity index (χ1v) is 6.12. The number of benzene rings is 1. The third-order valence-corrected chi connectivity index (χ3v) is 3.02. The van der Waals surface area contributed by atoms with Gasteiger partial charge >= 0.3 is 5.69 Å². The fraction of sp³-hybridized carbons (Fsp3) is 0.417. The minimum absolute atomic E-state index is 0.0999. The highest BCUT2D eigenvalue weighted by molar-refractivity contribution is 5.97. The molecule has 0 aromatic heterocycles. The molecule has 0 aliphatic carbocycles. The van der Waals surface area contributed by atoms with Crippen LogP contribution >= 0.6 is 0 Å². The van der Waals surface area contributed by atoms with Crippen LogP contribution in [0.2, 0.25) is 0 Å². The van der Waals surface area contributed by atoms with E-state index >= 15 is 0 Å².